The van der Waals surface area contributed by atoms with Crippen LogP contribution in [0.3, 0.4) is 0 Å². The third-order valence-corrected chi connectivity index (χ3v) is 6.53. The minimum Gasteiger partial charge on any atom is -0.465 e. The third-order valence-electron chi connectivity index (χ3n) is 5.83. The molecule has 2 heterocycles. The number of H-pyrrole nitrogens is 1. The fourth-order valence-corrected chi connectivity index (χ4v) is 4.34. The number of nitrogens with zero attached hydrogens (tertiary/aromatic N) is 6. The number of unbranched alkanes of at least 4 members (excludes halogenated alkanes) is 1. The molecule has 0 radical (unpaired) electrons. The van der Waals surface area contributed by atoms with Gasteiger partial charge in [-0.2, -0.15) is 5.21 Å². The van der Waals surface area contributed by atoms with Gasteiger partial charge in [0.25, 0.3) is 11.9 Å². The lowest BCUT2D eigenvalue weighted by Gasteiger charge is -2.21. The number of carbonyl (C=O) groups excluding carboxylic acids is 2. The molecule has 2 aromatic carbocycles. The summed E-state index contributed by atoms with van der Waals surface area (Å²) in [7, 11) is 1.34. The highest BCUT2D eigenvalue weighted by molar-refractivity contribution is 6.36. The summed E-state index contributed by atoms with van der Waals surface area (Å²) in [6.07, 6.45) is 4.14. The van der Waals surface area contributed by atoms with E-state index in [1.807, 2.05) is 16.7 Å². The van der Waals surface area contributed by atoms with E-state index in [2.05, 4.69) is 32.5 Å². The maximum Gasteiger partial charge on any atom is 0.337 e. The highest BCUT2D eigenvalue weighted by atomic mass is 35.5. The monoisotopic (exact) mass is 541 g/mol. The van der Waals surface area contributed by atoms with Crippen LogP contribution in [0.5, 0.6) is 0 Å². The first kappa shape index (κ1) is 26.3. The van der Waals surface area contributed by atoms with Gasteiger partial charge in [-0.1, -0.05) is 59.8 Å². The van der Waals surface area contributed by atoms with Crippen molar-refractivity contribution in [3.05, 3.63) is 86.9 Å². The molecule has 1 amide bonds. The molecular weight excluding hydrogens is 517 g/mol. The number of methoxy groups -OCH3 is 1. The molecule has 192 valence electrons. The summed E-state index contributed by atoms with van der Waals surface area (Å²) in [5.74, 6) is 0.0406. The number of imidazole rings is 1. The van der Waals surface area contributed by atoms with Crippen LogP contribution in [0, 0.1) is 0 Å². The van der Waals surface area contributed by atoms with Crippen molar-refractivity contribution < 1.29 is 14.3 Å². The number of tetrazole rings is 1. The van der Waals surface area contributed by atoms with Gasteiger partial charge in [-0.15, -0.1) is 5.10 Å². The van der Waals surface area contributed by atoms with E-state index in [-0.39, 0.29) is 18.4 Å². The molecule has 4 rings (SSSR count). The van der Waals surface area contributed by atoms with Crippen LogP contribution < -0.4 is 4.90 Å². The standard InChI is InChI=1S/C25H25Cl2N7O3/c1-3-4-8-22-28-13-21(33(22)14-16-9-11-17(12-10-16)24(36)37-2)23(35)34(25-29-31-32-30-25)15-18-19(26)6-5-7-20(18)27/h5-7,9-13H,3-4,8,14-15H2,1-2H3,(H,29,30,31,32). The number of aryl methyl sites for hydroxylation is 1. The molecule has 37 heavy (non-hydrogen) atoms. The third kappa shape index (κ3) is 5.98. The van der Waals surface area contributed by atoms with E-state index < -0.39 is 5.97 Å². The number of hydrogen-bond donors (Lipinski definition) is 1. The minimum atomic E-state index is -0.414. The van der Waals surface area contributed by atoms with E-state index in [9.17, 15) is 9.59 Å². The van der Waals surface area contributed by atoms with Gasteiger partial charge in [0.05, 0.1) is 25.4 Å². The van der Waals surface area contributed by atoms with Crippen LogP contribution in [-0.2, 0) is 24.2 Å². The SMILES string of the molecule is CCCCc1ncc(C(=O)N(Cc2c(Cl)cccc2Cl)c2nn[nH]n2)n1Cc1ccc(C(=O)OC)cc1. The van der Waals surface area contributed by atoms with Crippen molar-refractivity contribution in [2.75, 3.05) is 12.0 Å². The Morgan fingerprint density at radius 1 is 1.11 bits per heavy atom. The molecular formula is C25H25Cl2N7O3. The Bertz CT molecular complexity index is 1350. The summed E-state index contributed by atoms with van der Waals surface area (Å²) in [5, 5.41) is 14.9. The van der Waals surface area contributed by atoms with Crippen LogP contribution >= 0.6 is 23.2 Å². The van der Waals surface area contributed by atoms with Gasteiger partial charge in [-0.05, 0) is 41.5 Å². The molecule has 0 saturated carbocycles. The fourth-order valence-electron chi connectivity index (χ4n) is 3.83. The molecule has 1 N–H and O–H groups in total. The first-order valence-corrected chi connectivity index (χ1v) is 12.4. The lowest BCUT2D eigenvalue weighted by atomic mass is 10.1. The van der Waals surface area contributed by atoms with Crippen LogP contribution in [0.2, 0.25) is 10.0 Å². The number of amides is 1. The number of esters is 1. The quantitative estimate of drug-likeness (QED) is 0.288. The van der Waals surface area contributed by atoms with Crippen molar-refractivity contribution in [1.29, 1.82) is 0 Å². The number of aromatic amines is 1. The van der Waals surface area contributed by atoms with Crippen molar-refractivity contribution in [3.8, 4) is 0 Å². The van der Waals surface area contributed by atoms with Crippen molar-refractivity contribution in [2.45, 2.75) is 39.3 Å². The van der Waals surface area contributed by atoms with E-state index in [0.29, 0.717) is 39.8 Å². The molecule has 0 aliphatic heterocycles. The maximum absolute atomic E-state index is 13.9. The molecule has 0 aliphatic rings. The summed E-state index contributed by atoms with van der Waals surface area (Å²) in [6, 6.07) is 12.2. The predicted molar refractivity (Wildman–Crippen MR) is 139 cm³/mol. The topological polar surface area (TPSA) is 119 Å². The zero-order valence-corrected chi connectivity index (χ0v) is 21.8. The van der Waals surface area contributed by atoms with Crippen molar-refractivity contribution >= 4 is 41.0 Å². The Morgan fingerprint density at radius 2 is 1.84 bits per heavy atom. The Kier molecular flexibility index (Phi) is 8.52. The number of aromatic nitrogens is 6. The normalized spacial score (nSPS) is 10.9. The van der Waals surface area contributed by atoms with Gasteiger partial charge in [0.2, 0.25) is 0 Å². The number of carbonyl (C=O) groups is 2. The second-order valence-corrected chi connectivity index (χ2v) is 9.06. The molecule has 0 aliphatic carbocycles. The Balaban J connectivity index is 1.71. The summed E-state index contributed by atoms with van der Waals surface area (Å²) in [6.45, 7) is 2.49. The Labute approximate surface area is 223 Å². The van der Waals surface area contributed by atoms with Gasteiger partial charge >= 0.3 is 5.97 Å². The average Bonchev–Trinajstić information content (AvgIpc) is 3.57. The molecule has 0 atom stereocenters. The van der Waals surface area contributed by atoms with Gasteiger partial charge < -0.3 is 9.30 Å². The predicted octanol–water partition coefficient (Wildman–Crippen LogP) is 4.73. The zero-order valence-electron chi connectivity index (χ0n) is 20.3. The van der Waals surface area contributed by atoms with Gasteiger partial charge in [0.1, 0.15) is 11.5 Å². The molecule has 4 aromatic rings. The molecule has 0 spiro atoms. The van der Waals surface area contributed by atoms with Crippen LogP contribution in [0.15, 0.2) is 48.7 Å². The van der Waals surface area contributed by atoms with Crippen molar-refractivity contribution in [3.63, 3.8) is 0 Å². The van der Waals surface area contributed by atoms with Gasteiger partial charge in [-0.25, -0.2) is 9.78 Å². The molecule has 10 nitrogen and oxygen atoms in total. The Morgan fingerprint density at radius 3 is 2.46 bits per heavy atom. The van der Waals surface area contributed by atoms with Gasteiger partial charge in [0.15, 0.2) is 0 Å². The van der Waals surface area contributed by atoms with E-state index in [4.69, 9.17) is 27.9 Å². The lowest BCUT2D eigenvalue weighted by Crippen LogP contribution is -2.33. The number of halogens is 2. The smallest absolute Gasteiger partial charge is 0.337 e. The van der Waals surface area contributed by atoms with Gasteiger partial charge in [-0.3, -0.25) is 9.69 Å². The summed E-state index contributed by atoms with van der Waals surface area (Å²) in [4.78, 5) is 31.7. The number of nitrogens with one attached hydrogen (secondary N) is 1. The van der Waals surface area contributed by atoms with E-state index >= 15 is 0 Å². The lowest BCUT2D eigenvalue weighted by molar-refractivity contribution is 0.0600. The molecule has 0 unspecified atom stereocenters. The number of rotatable bonds is 10. The van der Waals surface area contributed by atoms with Crippen molar-refractivity contribution in [1.82, 2.24) is 30.2 Å². The number of benzene rings is 2. The first-order valence-electron chi connectivity index (χ1n) is 11.6. The number of hydrogen-bond acceptors (Lipinski definition) is 7. The second-order valence-electron chi connectivity index (χ2n) is 8.24. The molecule has 2 aromatic heterocycles. The minimum absolute atomic E-state index is 0.0279. The number of anilines is 1. The molecule has 12 heteroatoms. The largest absolute Gasteiger partial charge is 0.465 e. The van der Waals surface area contributed by atoms with E-state index in [0.717, 1.165) is 24.2 Å². The second kappa shape index (κ2) is 12.0. The summed E-state index contributed by atoms with van der Waals surface area (Å²) >= 11 is 12.8. The molecule has 0 bridgehead atoms. The molecule has 0 fully saturated rings. The summed E-state index contributed by atoms with van der Waals surface area (Å²) < 4.78 is 6.65. The molecule has 0 saturated heterocycles. The maximum atomic E-state index is 13.9. The summed E-state index contributed by atoms with van der Waals surface area (Å²) in [5.41, 5.74) is 2.23. The van der Waals surface area contributed by atoms with Gasteiger partial charge in [0, 0.05) is 28.6 Å². The fraction of sp³-hybridized carbons (Fsp3) is 0.280. The van der Waals surface area contributed by atoms with Crippen molar-refractivity contribution in [2.24, 2.45) is 0 Å². The van der Waals surface area contributed by atoms with Crippen LogP contribution in [-0.4, -0.2) is 49.2 Å². The van der Waals surface area contributed by atoms with Crippen LogP contribution in [0.25, 0.3) is 0 Å². The first-order chi connectivity index (χ1) is 17.9. The van der Waals surface area contributed by atoms with Crippen LogP contribution in [0.1, 0.15) is 57.6 Å². The Hall–Kier alpha value is -3.76. The van der Waals surface area contributed by atoms with E-state index in [1.165, 1.54) is 12.0 Å². The van der Waals surface area contributed by atoms with E-state index in [1.54, 1.807) is 36.5 Å². The van der Waals surface area contributed by atoms with Crippen LogP contribution in [0.4, 0.5) is 5.95 Å². The zero-order chi connectivity index (χ0) is 26.4. The number of ether oxygens (including phenoxy) is 1. The highest BCUT2D eigenvalue weighted by Gasteiger charge is 2.27. The highest BCUT2D eigenvalue weighted by Crippen LogP contribution is 2.28. The average molecular weight is 542 g/mol.